The Morgan fingerprint density at radius 1 is 0.857 bits per heavy atom. The molecule has 5 rings (SSSR count). The van der Waals surface area contributed by atoms with Gasteiger partial charge in [0.15, 0.2) is 0 Å². The molecule has 7 heteroatoms. The molecule has 0 spiro atoms. The summed E-state index contributed by atoms with van der Waals surface area (Å²) in [5.74, 6) is -1.46. The molecule has 0 unspecified atom stereocenters. The minimum Gasteiger partial charge on any atom is -0.426 e. The van der Waals surface area contributed by atoms with Crippen LogP contribution in [0.5, 0.6) is 5.75 Å². The molecule has 3 fully saturated rings. The number of carbonyl (C=O) groups excluding carboxylic acids is 4. The van der Waals surface area contributed by atoms with Crippen molar-refractivity contribution in [2.75, 3.05) is 16.3 Å². The second kappa shape index (κ2) is 8.95. The van der Waals surface area contributed by atoms with Crippen LogP contribution in [0.2, 0.25) is 0 Å². The van der Waals surface area contributed by atoms with Crippen LogP contribution in [0, 0.1) is 38.5 Å². The molecule has 2 aromatic rings. The first-order chi connectivity index (χ1) is 16.7. The number of hydrogen-bond donors (Lipinski definition) is 0. The summed E-state index contributed by atoms with van der Waals surface area (Å²) in [7, 11) is 0. The number of ether oxygens (including phenoxy) is 1. The lowest BCUT2D eigenvalue weighted by molar-refractivity contribution is -0.139. The zero-order valence-corrected chi connectivity index (χ0v) is 20.4. The predicted molar refractivity (Wildman–Crippen MR) is 131 cm³/mol. The van der Waals surface area contributed by atoms with Crippen molar-refractivity contribution in [3.8, 4) is 5.75 Å². The molecule has 182 valence electrons. The number of esters is 1. The first kappa shape index (κ1) is 23.3. The summed E-state index contributed by atoms with van der Waals surface area (Å²) in [6.45, 7) is 6.09. The topological polar surface area (TPSA) is 84.0 Å². The van der Waals surface area contributed by atoms with Crippen molar-refractivity contribution in [2.24, 2.45) is 17.8 Å². The molecule has 0 radical (unpaired) electrons. The average molecular weight is 475 g/mol. The molecule has 3 atom stereocenters. The fourth-order valence-electron chi connectivity index (χ4n) is 5.55. The smallest absolute Gasteiger partial charge is 0.316 e. The third-order valence-electron chi connectivity index (χ3n) is 7.73. The van der Waals surface area contributed by atoms with Crippen molar-refractivity contribution >= 4 is 35.1 Å². The first-order valence-corrected chi connectivity index (χ1v) is 12.3. The second-order valence-electron chi connectivity index (χ2n) is 10.1. The van der Waals surface area contributed by atoms with Gasteiger partial charge in [-0.25, -0.2) is 4.90 Å². The Labute approximate surface area is 205 Å². The van der Waals surface area contributed by atoms with Crippen LogP contribution in [-0.4, -0.2) is 30.2 Å². The molecular weight excluding hydrogens is 444 g/mol. The highest BCUT2D eigenvalue weighted by atomic mass is 16.5. The van der Waals surface area contributed by atoms with Crippen molar-refractivity contribution in [3.63, 3.8) is 0 Å². The third-order valence-corrected chi connectivity index (χ3v) is 7.73. The Morgan fingerprint density at radius 2 is 1.54 bits per heavy atom. The van der Waals surface area contributed by atoms with Gasteiger partial charge in [-0.05, 0) is 80.6 Å². The normalized spacial score (nSPS) is 24.2. The third kappa shape index (κ3) is 4.13. The van der Waals surface area contributed by atoms with Gasteiger partial charge in [-0.15, -0.1) is 0 Å². The number of anilines is 2. The van der Waals surface area contributed by atoms with Crippen molar-refractivity contribution in [1.82, 2.24) is 0 Å². The lowest BCUT2D eigenvalue weighted by atomic mass is 9.81. The molecule has 2 aromatic carbocycles. The zero-order valence-electron chi connectivity index (χ0n) is 20.4. The van der Waals surface area contributed by atoms with E-state index >= 15 is 0 Å². The van der Waals surface area contributed by atoms with Gasteiger partial charge >= 0.3 is 5.97 Å². The van der Waals surface area contributed by atoms with E-state index in [1.165, 1.54) is 4.90 Å². The van der Waals surface area contributed by atoms with Crippen LogP contribution in [0.4, 0.5) is 11.4 Å². The number of benzene rings is 2. The van der Waals surface area contributed by atoms with E-state index in [0.29, 0.717) is 17.0 Å². The van der Waals surface area contributed by atoms with E-state index in [1.54, 1.807) is 30.0 Å². The van der Waals surface area contributed by atoms with E-state index in [-0.39, 0.29) is 42.5 Å². The summed E-state index contributed by atoms with van der Waals surface area (Å²) in [6, 6.07) is 10.8. The zero-order chi connectivity index (χ0) is 24.9. The highest BCUT2D eigenvalue weighted by Gasteiger charge is 2.49. The fraction of sp³-hybridized carbons (Fsp3) is 0.429. The summed E-state index contributed by atoms with van der Waals surface area (Å²) in [5.41, 5.74) is 4.26. The van der Waals surface area contributed by atoms with Gasteiger partial charge in [0.2, 0.25) is 17.7 Å². The summed E-state index contributed by atoms with van der Waals surface area (Å²) >= 11 is 0. The van der Waals surface area contributed by atoms with Crippen LogP contribution in [0.3, 0.4) is 0 Å². The van der Waals surface area contributed by atoms with Gasteiger partial charge in [-0.1, -0.05) is 18.9 Å². The van der Waals surface area contributed by atoms with Crippen LogP contribution < -0.4 is 14.5 Å². The Bertz CT molecular complexity index is 1210. The van der Waals surface area contributed by atoms with E-state index in [4.69, 9.17) is 4.74 Å². The molecule has 35 heavy (non-hydrogen) atoms. The first-order valence-electron chi connectivity index (χ1n) is 12.3. The quantitative estimate of drug-likeness (QED) is 0.376. The van der Waals surface area contributed by atoms with Crippen LogP contribution in [0.25, 0.3) is 0 Å². The van der Waals surface area contributed by atoms with Gasteiger partial charge < -0.3 is 9.64 Å². The molecular formula is C28H30N2O5. The number of nitrogens with zero attached hydrogens (tertiary/aromatic N) is 2. The van der Waals surface area contributed by atoms with Gasteiger partial charge in [0.05, 0.1) is 23.4 Å². The van der Waals surface area contributed by atoms with Crippen LogP contribution >= 0.6 is 0 Å². The van der Waals surface area contributed by atoms with Crippen molar-refractivity contribution < 1.29 is 23.9 Å². The summed E-state index contributed by atoms with van der Waals surface area (Å²) < 4.78 is 5.61. The molecule has 7 nitrogen and oxygen atoms in total. The minimum atomic E-state index is -0.561. The number of fused-ring (bicyclic) bond motifs is 1. The van der Waals surface area contributed by atoms with E-state index < -0.39 is 11.9 Å². The number of hydrogen-bond acceptors (Lipinski definition) is 5. The highest BCUT2D eigenvalue weighted by molar-refractivity contribution is 6.22. The van der Waals surface area contributed by atoms with Crippen LogP contribution in [0.1, 0.15) is 48.8 Å². The molecule has 1 saturated carbocycles. The van der Waals surface area contributed by atoms with Crippen LogP contribution in [0.15, 0.2) is 36.4 Å². The van der Waals surface area contributed by atoms with Gasteiger partial charge in [0.1, 0.15) is 5.75 Å². The lowest BCUT2D eigenvalue weighted by Crippen LogP contribution is -2.31. The van der Waals surface area contributed by atoms with E-state index in [2.05, 4.69) is 0 Å². The van der Waals surface area contributed by atoms with Gasteiger partial charge in [-0.2, -0.15) is 0 Å². The lowest BCUT2D eigenvalue weighted by Gasteiger charge is -2.19. The molecule has 2 saturated heterocycles. The van der Waals surface area contributed by atoms with E-state index in [0.717, 1.165) is 42.5 Å². The molecule has 3 aliphatic rings. The van der Waals surface area contributed by atoms with Crippen LogP contribution in [-0.2, 0) is 19.2 Å². The second-order valence-corrected chi connectivity index (χ2v) is 10.1. The SMILES string of the molecule is Cc1ccc(N2C[C@H](C(=O)Oc3ccc(N4C(=O)[C@H]5CCCC[C@H]5C4=O)c(C)c3)CC2=O)cc1C. The summed E-state index contributed by atoms with van der Waals surface area (Å²) in [6.07, 6.45) is 3.58. The Kier molecular flexibility index (Phi) is 5.95. The van der Waals surface area contributed by atoms with Gasteiger partial charge in [0.25, 0.3) is 0 Å². The average Bonchev–Trinajstić information content (AvgIpc) is 3.34. The van der Waals surface area contributed by atoms with E-state index in [9.17, 15) is 19.2 Å². The summed E-state index contributed by atoms with van der Waals surface area (Å²) in [4.78, 5) is 54.3. The minimum absolute atomic E-state index is 0.0996. The molecule has 2 heterocycles. The molecule has 0 aromatic heterocycles. The maximum atomic E-state index is 12.9. The van der Waals surface area contributed by atoms with Crippen molar-refractivity contribution in [3.05, 3.63) is 53.1 Å². The number of amides is 3. The highest BCUT2D eigenvalue weighted by Crippen LogP contribution is 2.41. The standard InChI is InChI=1S/C28H30N2O5/c1-16-8-9-20(12-17(16)2)29-15-19(14-25(29)31)28(34)35-21-10-11-24(18(3)13-21)30-26(32)22-6-4-5-7-23(22)27(30)33/h8-13,19,22-23H,4-7,14-15H2,1-3H3/t19-,22-,23+/m1/s1. The fourth-order valence-corrected chi connectivity index (χ4v) is 5.55. The molecule has 0 N–H and O–H groups in total. The maximum absolute atomic E-state index is 12.9. The molecule has 3 amide bonds. The van der Waals surface area contributed by atoms with Crippen molar-refractivity contribution in [1.29, 1.82) is 0 Å². The Morgan fingerprint density at radius 3 is 2.17 bits per heavy atom. The Balaban J connectivity index is 1.28. The van der Waals surface area contributed by atoms with Crippen molar-refractivity contribution in [2.45, 2.75) is 52.9 Å². The predicted octanol–water partition coefficient (Wildman–Crippen LogP) is 4.25. The van der Waals surface area contributed by atoms with Gasteiger partial charge in [0, 0.05) is 18.7 Å². The number of rotatable bonds is 4. The number of imide groups is 1. The van der Waals surface area contributed by atoms with E-state index in [1.807, 2.05) is 32.0 Å². The monoisotopic (exact) mass is 474 g/mol. The molecule has 1 aliphatic carbocycles. The number of carbonyl (C=O) groups is 4. The molecule has 0 bridgehead atoms. The largest absolute Gasteiger partial charge is 0.426 e. The maximum Gasteiger partial charge on any atom is 0.316 e. The molecule has 2 aliphatic heterocycles. The number of aryl methyl sites for hydroxylation is 3. The van der Waals surface area contributed by atoms with Gasteiger partial charge in [-0.3, -0.25) is 19.2 Å². The Hall–Kier alpha value is -3.48. The summed E-state index contributed by atoms with van der Waals surface area (Å²) in [5, 5.41) is 0.